The van der Waals surface area contributed by atoms with E-state index in [2.05, 4.69) is 23.8 Å². The monoisotopic (exact) mass is 268 g/mol. The fourth-order valence-electron chi connectivity index (χ4n) is 1.66. The van der Waals surface area contributed by atoms with Gasteiger partial charge in [-0.3, -0.25) is 0 Å². The van der Waals surface area contributed by atoms with E-state index in [0.717, 1.165) is 31.6 Å². The van der Waals surface area contributed by atoms with Gasteiger partial charge in [0.25, 0.3) is 0 Å². The van der Waals surface area contributed by atoms with Crippen molar-refractivity contribution in [3.8, 4) is 0 Å². The molecule has 1 atom stereocenters. The SMILES string of the molecule is CC(C)CCCCCOCC1CO1.Cc1ncc[nH]1. The second-order valence-electron chi connectivity index (χ2n) is 5.45. The summed E-state index contributed by atoms with van der Waals surface area (Å²) in [7, 11) is 0. The summed E-state index contributed by atoms with van der Waals surface area (Å²) in [5.74, 6) is 1.82. The molecule has 2 rings (SSSR count). The minimum absolute atomic E-state index is 0.427. The van der Waals surface area contributed by atoms with Crippen molar-refractivity contribution in [2.24, 2.45) is 5.92 Å². The van der Waals surface area contributed by atoms with Gasteiger partial charge >= 0.3 is 0 Å². The minimum Gasteiger partial charge on any atom is -0.379 e. The number of hydrogen-bond acceptors (Lipinski definition) is 3. The predicted molar refractivity (Wildman–Crippen MR) is 77.2 cm³/mol. The Morgan fingerprint density at radius 3 is 2.68 bits per heavy atom. The number of ether oxygens (including phenoxy) is 2. The molecular formula is C15H28N2O2. The highest BCUT2D eigenvalue weighted by atomic mass is 16.6. The lowest BCUT2D eigenvalue weighted by molar-refractivity contribution is 0.112. The van der Waals surface area contributed by atoms with E-state index < -0.39 is 0 Å². The quantitative estimate of drug-likeness (QED) is 0.581. The smallest absolute Gasteiger partial charge is 0.104 e. The summed E-state index contributed by atoms with van der Waals surface area (Å²) in [5.41, 5.74) is 0. The lowest BCUT2D eigenvalue weighted by atomic mass is 10.1. The Bertz CT molecular complexity index is 289. The lowest BCUT2D eigenvalue weighted by Crippen LogP contribution is -2.02. The predicted octanol–water partition coefficient (Wildman–Crippen LogP) is 3.34. The molecule has 0 saturated carbocycles. The molecule has 0 amide bonds. The number of nitrogens with zero attached hydrogens (tertiary/aromatic N) is 1. The molecule has 1 aromatic rings. The van der Waals surface area contributed by atoms with E-state index in [1.165, 1.54) is 25.7 Å². The molecule has 1 N–H and O–H groups in total. The number of nitrogens with one attached hydrogen (secondary N) is 1. The highest BCUT2D eigenvalue weighted by molar-refractivity contribution is 4.80. The van der Waals surface area contributed by atoms with Crippen LogP contribution >= 0.6 is 0 Å². The fraction of sp³-hybridized carbons (Fsp3) is 0.800. The molecule has 1 aliphatic rings. The van der Waals surface area contributed by atoms with E-state index in [1.807, 2.05) is 6.92 Å². The highest BCUT2D eigenvalue weighted by Crippen LogP contribution is 2.10. The van der Waals surface area contributed by atoms with Crippen LogP contribution < -0.4 is 0 Å². The third-order valence-corrected chi connectivity index (χ3v) is 2.91. The van der Waals surface area contributed by atoms with Gasteiger partial charge in [0.2, 0.25) is 0 Å². The number of imidazole rings is 1. The first-order chi connectivity index (χ1) is 9.18. The van der Waals surface area contributed by atoms with Crippen molar-refractivity contribution in [1.29, 1.82) is 0 Å². The summed E-state index contributed by atoms with van der Waals surface area (Å²) >= 11 is 0. The second-order valence-corrected chi connectivity index (χ2v) is 5.45. The molecule has 110 valence electrons. The van der Waals surface area contributed by atoms with E-state index in [0.29, 0.717) is 6.10 Å². The molecule has 1 unspecified atom stereocenters. The first-order valence-electron chi connectivity index (χ1n) is 7.33. The molecule has 1 saturated heterocycles. The summed E-state index contributed by atoms with van der Waals surface area (Å²) in [6.45, 7) is 9.11. The summed E-state index contributed by atoms with van der Waals surface area (Å²) in [6.07, 6.45) is 9.18. The van der Waals surface area contributed by atoms with Gasteiger partial charge in [-0.15, -0.1) is 0 Å². The Labute approximate surface area is 116 Å². The van der Waals surface area contributed by atoms with Gasteiger partial charge in [0.15, 0.2) is 0 Å². The summed E-state index contributed by atoms with van der Waals surface area (Å²) < 4.78 is 10.5. The molecule has 1 fully saturated rings. The van der Waals surface area contributed by atoms with Gasteiger partial charge in [-0.25, -0.2) is 4.98 Å². The summed E-state index contributed by atoms with van der Waals surface area (Å²) in [4.78, 5) is 6.75. The van der Waals surface area contributed by atoms with E-state index >= 15 is 0 Å². The number of epoxide rings is 1. The third kappa shape index (κ3) is 10.7. The molecule has 4 nitrogen and oxygen atoms in total. The van der Waals surface area contributed by atoms with E-state index in [1.54, 1.807) is 12.4 Å². The molecule has 0 spiro atoms. The summed E-state index contributed by atoms with van der Waals surface area (Å²) in [5, 5.41) is 0. The van der Waals surface area contributed by atoms with Gasteiger partial charge in [0.05, 0.1) is 13.2 Å². The Morgan fingerprint density at radius 2 is 2.21 bits per heavy atom. The molecule has 19 heavy (non-hydrogen) atoms. The molecule has 1 aliphatic heterocycles. The molecule has 4 heteroatoms. The van der Waals surface area contributed by atoms with Crippen LogP contribution in [0.3, 0.4) is 0 Å². The topological polar surface area (TPSA) is 50.4 Å². The average molecular weight is 268 g/mol. The van der Waals surface area contributed by atoms with Crippen LogP contribution in [0.25, 0.3) is 0 Å². The Hall–Kier alpha value is -0.870. The Kier molecular flexibility index (Phi) is 8.50. The number of aromatic amines is 1. The van der Waals surface area contributed by atoms with Crippen molar-refractivity contribution >= 4 is 0 Å². The lowest BCUT2D eigenvalue weighted by Gasteiger charge is -2.04. The molecule has 0 aliphatic carbocycles. The minimum atomic E-state index is 0.427. The van der Waals surface area contributed by atoms with Gasteiger partial charge in [0.1, 0.15) is 11.9 Å². The molecule has 1 aromatic heterocycles. The maximum atomic E-state index is 5.44. The normalized spacial score (nSPS) is 17.2. The van der Waals surface area contributed by atoms with Gasteiger partial charge in [0, 0.05) is 19.0 Å². The standard InChI is InChI=1S/C11H22O2.C4H6N2/c1-10(2)6-4-3-5-7-12-8-11-9-13-11;1-4-5-2-3-6-4/h10-11H,3-9H2,1-2H3;2-3H,1H3,(H,5,6). The van der Waals surface area contributed by atoms with Crippen molar-refractivity contribution < 1.29 is 9.47 Å². The molecule has 0 radical (unpaired) electrons. The van der Waals surface area contributed by atoms with E-state index in [-0.39, 0.29) is 0 Å². The number of unbranched alkanes of at least 4 members (excludes halogenated alkanes) is 2. The van der Waals surface area contributed by atoms with Crippen LogP contribution in [0.15, 0.2) is 12.4 Å². The van der Waals surface area contributed by atoms with Crippen molar-refractivity contribution in [1.82, 2.24) is 9.97 Å². The molecule has 0 bridgehead atoms. The number of hydrogen-bond donors (Lipinski definition) is 1. The average Bonchev–Trinajstić information content (AvgIpc) is 3.07. The zero-order valence-corrected chi connectivity index (χ0v) is 12.5. The number of aryl methyl sites for hydroxylation is 1. The van der Waals surface area contributed by atoms with E-state index in [4.69, 9.17) is 9.47 Å². The largest absolute Gasteiger partial charge is 0.379 e. The van der Waals surface area contributed by atoms with Crippen LogP contribution in [0.2, 0.25) is 0 Å². The first-order valence-corrected chi connectivity index (χ1v) is 7.33. The Morgan fingerprint density at radius 1 is 1.42 bits per heavy atom. The second kappa shape index (κ2) is 9.98. The zero-order chi connectivity index (χ0) is 13.9. The Balaban J connectivity index is 0.000000250. The van der Waals surface area contributed by atoms with Crippen LogP contribution in [0, 0.1) is 12.8 Å². The number of rotatable bonds is 8. The number of H-pyrrole nitrogens is 1. The van der Waals surface area contributed by atoms with Crippen LogP contribution in [0.5, 0.6) is 0 Å². The highest BCUT2D eigenvalue weighted by Gasteiger charge is 2.21. The molecule has 2 heterocycles. The van der Waals surface area contributed by atoms with Crippen molar-refractivity contribution in [3.05, 3.63) is 18.2 Å². The molecule has 0 aromatic carbocycles. The maximum Gasteiger partial charge on any atom is 0.104 e. The van der Waals surface area contributed by atoms with Crippen molar-refractivity contribution in [3.63, 3.8) is 0 Å². The maximum absolute atomic E-state index is 5.44. The van der Waals surface area contributed by atoms with Crippen molar-refractivity contribution in [2.75, 3.05) is 19.8 Å². The van der Waals surface area contributed by atoms with Gasteiger partial charge in [-0.1, -0.05) is 33.1 Å². The van der Waals surface area contributed by atoms with Gasteiger partial charge < -0.3 is 14.5 Å². The van der Waals surface area contributed by atoms with Gasteiger partial charge in [-0.05, 0) is 19.3 Å². The van der Waals surface area contributed by atoms with Crippen LogP contribution in [0.4, 0.5) is 0 Å². The van der Waals surface area contributed by atoms with Crippen LogP contribution in [0.1, 0.15) is 45.4 Å². The van der Waals surface area contributed by atoms with Crippen molar-refractivity contribution in [2.45, 2.75) is 52.6 Å². The number of aromatic nitrogens is 2. The van der Waals surface area contributed by atoms with Crippen LogP contribution in [-0.4, -0.2) is 35.9 Å². The van der Waals surface area contributed by atoms with Crippen LogP contribution in [-0.2, 0) is 9.47 Å². The van der Waals surface area contributed by atoms with Gasteiger partial charge in [-0.2, -0.15) is 0 Å². The third-order valence-electron chi connectivity index (χ3n) is 2.91. The van der Waals surface area contributed by atoms with E-state index in [9.17, 15) is 0 Å². The molecular weight excluding hydrogens is 240 g/mol. The zero-order valence-electron chi connectivity index (χ0n) is 12.5. The fourth-order valence-corrected chi connectivity index (χ4v) is 1.66. The first kappa shape index (κ1) is 16.2. The summed E-state index contributed by atoms with van der Waals surface area (Å²) in [6, 6.07) is 0.